The number of carbonyl (C=O) groups excluding carboxylic acids is 1. The van der Waals surface area contributed by atoms with Crippen LogP contribution in [0, 0.1) is 5.82 Å². The lowest BCUT2D eigenvalue weighted by Gasteiger charge is -2.27. The van der Waals surface area contributed by atoms with Gasteiger partial charge in [0, 0.05) is 29.7 Å². The molecule has 0 atom stereocenters. The van der Waals surface area contributed by atoms with E-state index in [0.717, 1.165) is 31.7 Å². The molecule has 0 unspecified atom stereocenters. The van der Waals surface area contributed by atoms with Gasteiger partial charge in [-0.15, -0.1) is 0 Å². The third-order valence-corrected chi connectivity index (χ3v) is 4.35. The summed E-state index contributed by atoms with van der Waals surface area (Å²) in [4.78, 5) is 22.7. The van der Waals surface area contributed by atoms with Crippen LogP contribution >= 0.6 is 11.6 Å². The number of hydrogen-bond acceptors (Lipinski definition) is 4. The molecule has 2 heterocycles. The summed E-state index contributed by atoms with van der Waals surface area (Å²) < 4.78 is 13.8. The minimum atomic E-state index is -0.491. The number of aromatic nitrogens is 2. The standard InChI is InChI=1S/C17H18ClFN4O/c18-13-5-4-6-14(19)12(13)9-17(24)22-15-10-16(21-11-20-15)23-7-2-1-3-8-23/h4-6,10-11H,1-3,7-9H2,(H,20,21,22,24). The molecule has 7 heteroatoms. The van der Waals surface area contributed by atoms with Crippen molar-refractivity contribution in [2.75, 3.05) is 23.3 Å². The zero-order valence-corrected chi connectivity index (χ0v) is 13.9. The summed E-state index contributed by atoms with van der Waals surface area (Å²) in [6.45, 7) is 1.91. The van der Waals surface area contributed by atoms with Crippen molar-refractivity contribution in [3.05, 3.63) is 47.0 Å². The van der Waals surface area contributed by atoms with E-state index in [1.165, 1.54) is 24.9 Å². The second-order valence-corrected chi connectivity index (χ2v) is 6.14. The minimum Gasteiger partial charge on any atom is -0.356 e. The molecule has 5 nitrogen and oxygen atoms in total. The Bertz CT molecular complexity index is 714. The average Bonchev–Trinajstić information content (AvgIpc) is 2.59. The first-order chi connectivity index (χ1) is 11.6. The summed E-state index contributed by atoms with van der Waals surface area (Å²) in [5.74, 6) is 0.339. The third kappa shape index (κ3) is 4.00. The second-order valence-electron chi connectivity index (χ2n) is 5.73. The van der Waals surface area contributed by atoms with Gasteiger partial charge in [-0.05, 0) is 31.4 Å². The Hall–Kier alpha value is -2.21. The minimum absolute atomic E-state index is 0.144. The van der Waals surface area contributed by atoms with Gasteiger partial charge in [0.2, 0.25) is 5.91 Å². The van der Waals surface area contributed by atoms with Gasteiger partial charge in [-0.3, -0.25) is 4.79 Å². The molecule has 1 aliphatic heterocycles. The van der Waals surface area contributed by atoms with Crippen molar-refractivity contribution in [1.82, 2.24) is 9.97 Å². The summed E-state index contributed by atoms with van der Waals surface area (Å²) in [6, 6.07) is 6.10. The van der Waals surface area contributed by atoms with E-state index in [1.807, 2.05) is 0 Å². The Morgan fingerprint density at radius 1 is 1.25 bits per heavy atom. The number of rotatable bonds is 4. The van der Waals surface area contributed by atoms with Crippen LogP contribution < -0.4 is 10.2 Å². The smallest absolute Gasteiger partial charge is 0.230 e. The van der Waals surface area contributed by atoms with Crippen molar-refractivity contribution in [3.8, 4) is 0 Å². The molecule has 1 fully saturated rings. The molecule has 1 aromatic heterocycles. The van der Waals surface area contributed by atoms with Gasteiger partial charge in [-0.1, -0.05) is 17.7 Å². The van der Waals surface area contributed by atoms with Gasteiger partial charge in [-0.25, -0.2) is 14.4 Å². The molecule has 3 rings (SSSR count). The number of benzene rings is 1. The molecule has 1 amide bonds. The van der Waals surface area contributed by atoms with Crippen molar-refractivity contribution < 1.29 is 9.18 Å². The molecule has 126 valence electrons. The number of hydrogen-bond donors (Lipinski definition) is 1. The van der Waals surface area contributed by atoms with Gasteiger partial charge in [0.05, 0.1) is 6.42 Å². The summed E-state index contributed by atoms with van der Waals surface area (Å²) >= 11 is 5.95. The number of piperidine rings is 1. The molecule has 1 aliphatic rings. The van der Waals surface area contributed by atoms with Crippen molar-refractivity contribution >= 4 is 29.1 Å². The van der Waals surface area contributed by atoms with Crippen LogP contribution in [-0.2, 0) is 11.2 Å². The predicted molar refractivity (Wildman–Crippen MR) is 91.8 cm³/mol. The van der Waals surface area contributed by atoms with Crippen molar-refractivity contribution in [2.24, 2.45) is 0 Å². The summed E-state index contributed by atoms with van der Waals surface area (Å²) in [7, 11) is 0. The van der Waals surface area contributed by atoms with Crippen LogP contribution in [0.5, 0.6) is 0 Å². The van der Waals surface area contributed by atoms with Crippen molar-refractivity contribution in [2.45, 2.75) is 25.7 Å². The van der Waals surface area contributed by atoms with Crippen molar-refractivity contribution in [1.29, 1.82) is 0 Å². The molecule has 0 aliphatic carbocycles. The van der Waals surface area contributed by atoms with Crippen LogP contribution in [-0.4, -0.2) is 29.0 Å². The molecule has 1 saturated heterocycles. The number of nitrogens with one attached hydrogen (secondary N) is 1. The molecule has 2 aromatic rings. The fourth-order valence-corrected chi connectivity index (χ4v) is 2.99. The summed E-state index contributed by atoms with van der Waals surface area (Å²) in [5, 5.41) is 2.92. The van der Waals surface area contributed by atoms with E-state index in [-0.39, 0.29) is 22.9 Å². The highest BCUT2D eigenvalue weighted by Crippen LogP contribution is 2.21. The van der Waals surface area contributed by atoms with E-state index in [4.69, 9.17) is 11.6 Å². The number of nitrogens with zero attached hydrogens (tertiary/aromatic N) is 3. The maximum atomic E-state index is 13.8. The molecule has 0 radical (unpaired) electrons. The highest BCUT2D eigenvalue weighted by Gasteiger charge is 2.15. The monoisotopic (exact) mass is 348 g/mol. The lowest BCUT2D eigenvalue weighted by Crippen LogP contribution is -2.30. The lowest BCUT2D eigenvalue weighted by molar-refractivity contribution is -0.115. The molecule has 1 N–H and O–H groups in total. The molecule has 0 saturated carbocycles. The first kappa shape index (κ1) is 16.6. The predicted octanol–water partition coefficient (Wildman–Crippen LogP) is 3.44. The van der Waals surface area contributed by atoms with Gasteiger partial charge < -0.3 is 10.2 Å². The van der Waals surface area contributed by atoms with E-state index < -0.39 is 5.82 Å². The lowest BCUT2D eigenvalue weighted by atomic mass is 10.1. The fourth-order valence-electron chi connectivity index (χ4n) is 2.76. The van der Waals surface area contributed by atoms with E-state index in [0.29, 0.717) is 5.82 Å². The highest BCUT2D eigenvalue weighted by atomic mass is 35.5. The van der Waals surface area contributed by atoms with Gasteiger partial charge in [0.15, 0.2) is 0 Å². The Morgan fingerprint density at radius 3 is 2.79 bits per heavy atom. The van der Waals surface area contributed by atoms with Crippen LogP contribution in [0.25, 0.3) is 0 Å². The van der Waals surface area contributed by atoms with Gasteiger partial charge >= 0.3 is 0 Å². The van der Waals surface area contributed by atoms with Crippen LogP contribution in [0.15, 0.2) is 30.6 Å². The average molecular weight is 349 g/mol. The first-order valence-electron chi connectivity index (χ1n) is 7.93. The maximum absolute atomic E-state index is 13.8. The highest BCUT2D eigenvalue weighted by molar-refractivity contribution is 6.31. The van der Waals surface area contributed by atoms with Crippen LogP contribution in [0.1, 0.15) is 24.8 Å². The van der Waals surface area contributed by atoms with E-state index in [1.54, 1.807) is 12.1 Å². The van der Waals surface area contributed by atoms with Crippen LogP contribution in [0.4, 0.5) is 16.0 Å². The Labute approximate surface area is 144 Å². The van der Waals surface area contributed by atoms with Crippen molar-refractivity contribution in [3.63, 3.8) is 0 Å². The SMILES string of the molecule is O=C(Cc1c(F)cccc1Cl)Nc1cc(N2CCCCC2)ncn1. The Kier molecular flexibility index (Phi) is 5.25. The second kappa shape index (κ2) is 7.57. The molecule has 24 heavy (non-hydrogen) atoms. The third-order valence-electron chi connectivity index (χ3n) is 4.00. The zero-order chi connectivity index (χ0) is 16.9. The van der Waals surface area contributed by atoms with Gasteiger partial charge in [0.25, 0.3) is 0 Å². The fraction of sp³-hybridized carbons (Fsp3) is 0.353. The number of anilines is 2. The van der Waals surface area contributed by atoms with E-state index in [9.17, 15) is 9.18 Å². The molecule has 1 aromatic carbocycles. The number of halogens is 2. The molecule has 0 bridgehead atoms. The van der Waals surface area contributed by atoms with E-state index in [2.05, 4.69) is 20.2 Å². The van der Waals surface area contributed by atoms with Crippen LogP contribution in [0.2, 0.25) is 5.02 Å². The summed E-state index contributed by atoms with van der Waals surface area (Å²) in [6.07, 6.45) is 4.79. The topological polar surface area (TPSA) is 58.1 Å². The zero-order valence-electron chi connectivity index (χ0n) is 13.1. The van der Waals surface area contributed by atoms with E-state index >= 15 is 0 Å². The molecular weight excluding hydrogens is 331 g/mol. The maximum Gasteiger partial charge on any atom is 0.230 e. The molecular formula is C17H18ClFN4O. The largest absolute Gasteiger partial charge is 0.356 e. The Morgan fingerprint density at radius 2 is 2.04 bits per heavy atom. The van der Waals surface area contributed by atoms with Gasteiger partial charge in [-0.2, -0.15) is 0 Å². The van der Waals surface area contributed by atoms with Crippen LogP contribution in [0.3, 0.4) is 0 Å². The Balaban J connectivity index is 1.68. The quantitative estimate of drug-likeness (QED) is 0.919. The first-order valence-corrected chi connectivity index (χ1v) is 8.31. The number of carbonyl (C=O) groups is 1. The molecule has 0 spiro atoms. The summed E-state index contributed by atoms with van der Waals surface area (Å²) in [5.41, 5.74) is 0.182. The number of amides is 1. The normalized spacial score (nSPS) is 14.5. The van der Waals surface area contributed by atoms with Gasteiger partial charge in [0.1, 0.15) is 23.8 Å².